The summed E-state index contributed by atoms with van der Waals surface area (Å²) >= 11 is 6.19. The van der Waals surface area contributed by atoms with Crippen LogP contribution < -0.4 is 5.32 Å². The monoisotopic (exact) mass is 631 g/mol. The van der Waals surface area contributed by atoms with Crippen molar-refractivity contribution in [2.45, 2.75) is 89.8 Å². The first-order chi connectivity index (χ1) is 21.9. The fourth-order valence-corrected chi connectivity index (χ4v) is 8.03. The van der Waals surface area contributed by atoms with Crippen LogP contribution in [0.4, 0.5) is 0 Å². The third-order valence-electron chi connectivity index (χ3n) is 10.6. The van der Waals surface area contributed by atoms with Gasteiger partial charge in [-0.3, -0.25) is 19.3 Å². The number of benzene rings is 1. The minimum atomic E-state index is -0.339. The number of aromatic nitrogens is 4. The lowest BCUT2D eigenvalue weighted by Gasteiger charge is -2.48. The Bertz CT molecular complexity index is 1410. The van der Waals surface area contributed by atoms with Gasteiger partial charge in [0.05, 0.1) is 6.04 Å². The number of amides is 2. The molecule has 240 valence electrons. The number of likely N-dealkylation sites (tertiary alicyclic amines) is 2. The largest absolute Gasteiger partial charge is 0.341 e. The number of nitrogens with one attached hydrogen (secondary N) is 1. The van der Waals surface area contributed by atoms with Gasteiger partial charge in [0.2, 0.25) is 5.91 Å². The molecular formula is C35H46ClN7O2. The van der Waals surface area contributed by atoms with Crippen LogP contribution in [0.5, 0.6) is 0 Å². The molecule has 45 heavy (non-hydrogen) atoms. The van der Waals surface area contributed by atoms with E-state index in [1.807, 2.05) is 59.2 Å². The highest BCUT2D eigenvalue weighted by atomic mass is 35.5. The Morgan fingerprint density at radius 2 is 1.71 bits per heavy atom. The van der Waals surface area contributed by atoms with Crippen molar-refractivity contribution < 1.29 is 9.59 Å². The molecule has 6 rings (SSSR count). The van der Waals surface area contributed by atoms with Crippen molar-refractivity contribution in [1.82, 2.24) is 34.9 Å². The molecule has 1 aromatic carbocycles. The molecule has 3 fully saturated rings. The van der Waals surface area contributed by atoms with Crippen molar-refractivity contribution in [3.8, 4) is 0 Å². The summed E-state index contributed by atoms with van der Waals surface area (Å²) in [5.74, 6) is 0.824. The third-order valence-corrected chi connectivity index (χ3v) is 10.8. The van der Waals surface area contributed by atoms with Gasteiger partial charge in [0.25, 0.3) is 5.91 Å². The number of nitrogens with zero attached hydrogens (tertiary/aromatic N) is 6. The topological polar surface area (TPSA) is 96.2 Å². The van der Waals surface area contributed by atoms with Crippen molar-refractivity contribution in [2.24, 2.45) is 11.3 Å². The molecule has 0 bridgehead atoms. The van der Waals surface area contributed by atoms with Gasteiger partial charge < -0.3 is 15.1 Å². The highest BCUT2D eigenvalue weighted by Crippen LogP contribution is 2.47. The molecule has 10 heteroatoms. The second-order valence-corrected chi connectivity index (χ2v) is 13.8. The van der Waals surface area contributed by atoms with Gasteiger partial charge in [0.1, 0.15) is 18.3 Å². The lowest BCUT2D eigenvalue weighted by atomic mass is 9.63. The normalized spacial score (nSPS) is 20.2. The number of carbonyl (C=O) groups is 2. The Morgan fingerprint density at radius 3 is 2.38 bits per heavy atom. The van der Waals surface area contributed by atoms with E-state index in [0.29, 0.717) is 36.1 Å². The smallest absolute Gasteiger partial charge is 0.272 e. The second kappa shape index (κ2) is 14.4. The van der Waals surface area contributed by atoms with Crippen LogP contribution in [0, 0.1) is 18.3 Å². The van der Waals surface area contributed by atoms with Crippen LogP contribution in [0.25, 0.3) is 0 Å². The molecule has 1 saturated carbocycles. The number of rotatable bonds is 9. The summed E-state index contributed by atoms with van der Waals surface area (Å²) in [5.41, 5.74) is 2.66. The molecule has 0 spiro atoms. The fraction of sp³-hybridized carbons (Fsp3) is 0.571. The lowest BCUT2D eigenvalue weighted by molar-refractivity contribution is -0.137. The molecule has 1 aliphatic carbocycles. The zero-order valence-electron chi connectivity index (χ0n) is 26.4. The van der Waals surface area contributed by atoms with Gasteiger partial charge in [-0.1, -0.05) is 49.1 Å². The standard InChI is InChI=1S/C35H46ClN7O2/c1-26-6-5-17-38-32(26)34(45)41-18-13-30(14-19-41)40-31(22-27-9-11-29(36)12-10-27)33(44)42-20-15-35(16-21-42,23-43-25-37-24-39-43)28-7-3-2-4-8-28/h5-6,9-12,17,24-25,28,30-31,40H,2-4,7-8,13-16,18-23H2,1H3/t31-/m1/s1. The van der Waals surface area contributed by atoms with Crippen LogP contribution in [0.2, 0.25) is 5.02 Å². The van der Waals surface area contributed by atoms with E-state index in [0.717, 1.165) is 56.4 Å². The fourth-order valence-electron chi connectivity index (χ4n) is 7.91. The zero-order valence-corrected chi connectivity index (χ0v) is 27.2. The maximum Gasteiger partial charge on any atom is 0.272 e. The van der Waals surface area contributed by atoms with E-state index < -0.39 is 0 Å². The molecule has 2 aromatic heterocycles. The van der Waals surface area contributed by atoms with Crippen LogP contribution >= 0.6 is 11.6 Å². The maximum absolute atomic E-state index is 14.3. The predicted octanol–water partition coefficient (Wildman–Crippen LogP) is 5.33. The lowest BCUT2D eigenvalue weighted by Crippen LogP contribution is -2.56. The van der Waals surface area contributed by atoms with Gasteiger partial charge in [0.15, 0.2) is 0 Å². The molecule has 2 saturated heterocycles. The van der Waals surface area contributed by atoms with Crippen LogP contribution in [-0.2, 0) is 17.8 Å². The molecule has 4 heterocycles. The van der Waals surface area contributed by atoms with E-state index in [-0.39, 0.29) is 29.3 Å². The molecule has 3 aromatic rings. The number of piperidine rings is 2. The molecular weight excluding hydrogens is 586 g/mol. The first-order valence-corrected chi connectivity index (χ1v) is 17.1. The van der Waals surface area contributed by atoms with E-state index in [4.69, 9.17) is 11.6 Å². The van der Waals surface area contributed by atoms with Crippen molar-refractivity contribution in [1.29, 1.82) is 0 Å². The molecule has 0 unspecified atom stereocenters. The molecule has 2 aliphatic heterocycles. The number of pyridine rings is 1. The molecule has 1 N–H and O–H groups in total. The summed E-state index contributed by atoms with van der Waals surface area (Å²) in [4.78, 5) is 40.0. The molecule has 1 atom stereocenters. The van der Waals surface area contributed by atoms with Gasteiger partial charge in [-0.05, 0) is 92.5 Å². The van der Waals surface area contributed by atoms with Gasteiger partial charge in [-0.15, -0.1) is 0 Å². The van der Waals surface area contributed by atoms with Gasteiger partial charge in [-0.25, -0.2) is 4.98 Å². The minimum absolute atomic E-state index is 0.0130. The van der Waals surface area contributed by atoms with Crippen LogP contribution in [0.1, 0.15) is 79.4 Å². The Morgan fingerprint density at radius 1 is 0.978 bits per heavy atom. The molecule has 2 amide bonds. The minimum Gasteiger partial charge on any atom is -0.341 e. The summed E-state index contributed by atoms with van der Waals surface area (Å²) < 4.78 is 2.00. The third kappa shape index (κ3) is 7.58. The van der Waals surface area contributed by atoms with Crippen molar-refractivity contribution in [2.75, 3.05) is 26.2 Å². The Labute approximate surface area is 271 Å². The molecule has 3 aliphatic rings. The summed E-state index contributed by atoms with van der Waals surface area (Å²) in [6.45, 7) is 5.62. The van der Waals surface area contributed by atoms with E-state index in [1.165, 1.54) is 32.1 Å². The number of aryl methyl sites for hydroxylation is 1. The average molecular weight is 632 g/mol. The predicted molar refractivity (Wildman–Crippen MR) is 175 cm³/mol. The maximum atomic E-state index is 14.3. The highest BCUT2D eigenvalue weighted by Gasteiger charge is 2.44. The van der Waals surface area contributed by atoms with Crippen LogP contribution in [0.3, 0.4) is 0 Å². The first-order valence-electron chi connectivity index (χ1n) is 16.7. The summed E-state index contributed by atoms with van der Waals surface area (Å²) in [6, 6.07) is 11.4. The van der Waals surface area contributed by atoms with E-state index in [1.54, 1.807) is 12.5 Å². The summed E-state index contributed by atoms with van der Waals surface area (Å²) in [7, 11) is 0. The van der Waals surface area contributed by atoms with E-state index >= 15 is 0 Å². The van der Waals surface area contributed by atoms with E-state index in [2.05, 4.69) is 25.3 Å². The van der Waals surface area contributed by atoms with Gasteiger partial charge >= 0.3 is 0 Å². The quantitative estimate of drug-likeness (QED) is 0.343. The van der Waals surface area contributed by atoms with Crippen molar-refractivity contribution >= 4 is 23.4 Å². The Hall–Kier alpha value is -3.30. The first kappa shape index (κ1) is 31.7. The second-order valence-electron chi connectivity index (χ2n) is 13.4. The van der Waals surface area contributed by atoms with Crippen molar-refractivity contribution in [3.63, 3.8) is 0 Å². The van der Waals surface area contributed by atoms with Gasteiger partial charge in [-0.2, -0.15) is 5.10 Å². The van der Waals surface area contributed by atoms with Gasteiger partial charge in [0, 0.05) is 50.0 Å². The highest BCUT2D eigenvalue weighted by molar-refractivity contribution is 6.30. The molecule has 9 nitrogen and oxygen atoms in total. The SMILES string of the molecule is Cc1cccnc1C(=O)N1CCC(N[C@H](Cc2ccc(Cl)cc2)C(=O)N2CCC(Cn3cncn3)(C3CCCCC3)CC2)CC1. The average Bonchev–Trinajstić information content (AvgIpc) is 3.59. The van der Waals surface area contributed by atoms with Crippen LogP contribution in [-0.4, -0.2) is 79.6 Å². The number of halogens is 1. The Kier molecular flexibility index (Phi) is 10.1. The summed E-state index contributed by atoms with van der Waals surface area (Å²) in [5, 5.41) is 8.90. The zero-order chi connectivity index (χ0) is 31.2. The Balaban J connectivity index is 1.12. The van der Waals surface area contributed by atoms with Crippen molar-refractivity contribution in [3.05, 3.63) is 77.1 Å². The number of hydrogen-bond acceptors (Lipinski definition) is 6. The summed E-state index contributed by atoms with van der Waals surface area (Å²) in [6.07, 6.45) is 15.8. The van der Waals surface area contributed by atoms with E-state index in [9.17, 15) is 9.59 Å². The molecule has 0 radical (unpaired) electrons. The number of carbonyl (C=O) groups excluding carboxylic acids is 2. The number of hydrogen-bond donors (Lipinski definition) is 1. The van der Waals surface area contributed by atoms with Crippen LogP contribution in [0.15, 0.2) is 55.2 Å².